The van der Waals surface area contributed by atoms with E-state index >= 15 is 0 Å². The molecule has 1 saturated heterocycles. The number of hydrogen-bond acceptors (Lipinski definition) is 1. The van der Waals surface area contributed by atoms with Crippen molar-refractivity contribution >= 4 is 6.03 Å². The van der Waals surface area contributed by atoms with E-state index in [-0.39, 0.29) is 18.7 Å². The lowest BCUT2D eigenvalue weighted by Gasteiger charge is -2.10. The van der Waals surface area contributed by atoms with Crippen molar-refractivity contribution in [2.45, 2.75) is 19.1 Å². The van der Waals surface area contributed by atoms with E-state index in [0.717, 1.165) is 6.08 Å². The van der Waals surface area contributed by atoms with Crippen LogP contribution < -0.4 is 10.6 Å². The minimum Gasteiger partial charge on any atom is -0.336 e. The second kappa shape index (κ2) is 5.56. The molecule has 1 aliphatic heterocycles. The van der Waals surface area contributed by atoms with Gasteiger partial charge in [0.1, 0.15) is 0 Å². The van der Waals surface area contributed by atoms with Gasteiger partial charge in [0.25, 0.3) is 0 Å². The van der Waals surface area contributed by atoms with Gasteiger partial charge in [-0.15, -0.1) is 0 Å². The van der Waals surface area contributed by atoms with Crippen LogP contribution in [0.3, 0.4) is 0 Å². The van der Waals surface area contributed by atoms with Crippen molar-refractivity contribution in [2.24, 2.45) is 0 Å². The largest absolute Gasteiger partial charge is 0.409 e. The molecule has 1 unspecified atom stereocenters. The maximum absolute atomic E-state index is 12.1. The molecule has 0 aromatic carbocycles. The van der Waals surface area contributed by atoms with Crippen molar-refractivity contribution in [3.8, 4) is 0 Å². The summed E-state index contributed by atoms with van der Waals surface area (Å²) in [6, 6.07) is -0.806. The number of halogens is 3. The Morgan fingerprint density at radius 1 is 1.47 bits per heavy atom. The molecular formula is C11H13F3N2O. The van der Waals surface area contributed by atoms with Crippen LogP contribution >= 0.6 is 0 Å². The average Bonchev–Trinajstić information content (AvgIpc) is 2.63. The minimum atomic E-state index is -4.36. The average molecular weight is 246 g/mol. The molecule has 0 bridgehead atoms. The van der Waals surface area contributed by atoms with E-state index in [1.54, 1.807) is 25.2 Å². The van der Waals surface area contributed by atoms with Crippen molar-refractivity contribution in [1.82, 2.24) is 10.6 Å². The van der Waals surface area contributed by atoms with E-state index < -0.39 is 12.2 Å². The molecule has 0 aromatic rings. The molecule has 1 aliphatic rings. The van der Waals surface area contributed by atoms with Crippen LogP contribution in [0.25, 0.3) is 0 Å². The molecule has 0 radical (unpaired) electrons. The van der Waals surface area contributed by atoms with Gasteiger partial charge in [0.15, 0.2) is 0 Å². The number of alkyl halides is 3. The summed E-state index contributed by atoms with van der Waals surface area (Å²) in [5.74, 6) is 0. The topological polar surface area (TPSA) is 41.1 Å². The minimum absolute atomic E-state index is 0.160. The number of amides is 2. The van der Waals surface area contributed by atoms with E-state index in [2.05, 4.69) is 10.6 Å². The summed E-state index contributed by atoms with van der Waals surface area (Å²) in [5.41, 5.74) is 0.402. The number of carbonyl (C=O) groups is 1. The second-order valence-electron chi connectivity index (χ2n) is 3.47. The summed E-state index contributed by atoms with van der Waals surface area (Å²) < 4.78 is 36.2. The highest BCUT2D eigenvalue weighted by atomic mass is 19.4. The SMILES string of the molecule is C\C=C/C=C(\C=C\C(F)(F)F)C1CNC(=O)N1. The van der Waals surface area contributed by atoms with E-state index in [1.165, 1.54) is 0 Å². The fourth-order valence-electron chi connectivity index (χ4n) is 1.34. The molecule has 0 aliphatic carbocycles. The molecule has 0 saturated carbocycles. The fraction of sp³-hybridized carbons (Fsp3) is 0.364. The van der Waals surface area contributed by atoms with E-state index in [4.69, 9.17) is 0 Å². The van der Waals surface area contributed by atoms with Crippen molar-refractivity contribution in [3.05, 3.63) is 36.0 Å². The lowest BCUT2D eigenvalue weighted by Crippen LogP contribution is -2.28. The number of hydrogen-bond donors (Lipinski definition) is 2. The molecule has 3 nitrogen and oxygen atoms in total. The third-order valence-electron chi connectivity index (χ3n) is 2.12. The zero-order chi connectivity index (χ0) is 12.9. The van der Waals surface area contributed by atoms with Gasteiger partial charge in [-0.2, -0.15) is 13.2 Å². The third-order valence-corrected chi connectivity index (χ3v) is 2.12. The first-order valence-electron chi connectivity index (χ1n) is 5.05. The van der Waals surface area contributed by atoms with Crippen LogP contribution in [-0.4, -0.2) is 24.8 Å². The van der Waals surface area contributed by atoms with Crippen molar-refractivity contribution in [2.75, 3.05) is 6.54 Å². The van der Waals surface area contributed by atoms with Crippen LogP contribution in [0.2, 0.25) is 0 Å². The highest BCUT2D eigenvalue weighted by molar-refractivity contribution is 5.77. The normalized spacial score (nSPS) is 22.2. The Kier molecular flexibility index (Phi) is 4.37. The van der Waals surface area contributed by atoms with Gasteiger partial charge in [0, 0.05) is 12.6 Å². The van der Waals surface area contributed by atoms with E-state index in [9.17, 15) is 18.0 Å². The van der Waals surface area contributed by atoms with Gasteiger partial charge in [-0.05, 0) is 12.5 Å². The number of allylic oxidation sites excluding steroid dienone is 4. The molecule has 1 rings (SSSR count). The maximum Gasteiger partial charge on any atom is 0.409 e. The number of nitrogens with one attached hydrogen (secondary N) is 2. The Morgan fingerprint density at radius 3 is 2.65 bits per heavy atom. The first-order chi connectivity index (χ1) is 7.92. The van der Waals surface area contributed by atoms with Crippen LogP contribution in [0.4, 0.5) is 18.0 Å². The molecule has 2 amide bonds. The number of carbonyl (C=O) groups excluding carboxylic acids is 1. The Hall–Kier alpha value is -1.72. The van der Waals surface area contributed by atoms with Crippen LogP contribution in [0.5, 0.6) is 0 Å². The highest BCUT2D eigenvalue weighted by Crippen LogP contribution is 2.18. The van der Waals surface area contributed by atoms with Gasteiger partial charge < -0.3 is 10.6 Å². The van der Waals surface area contributed by atoms with Gasteiger partial charge in [0.2, 0.25) is 0 Å². The molecule has 6 heteroatoms. The molecule has 2 N–H and O–H groups in total. The predicted molar refractivity (Wildman–Crippen MR) is 58.4 cm³/mol. The van der Waals surface area contributed by atoms with Gasteiger partial charge in [-0.3, -0.25) is 0 Å². The second-order valence-corrected chi connectivity index (χ2v) is 3.47. The highest BCUT2D eigenvalue weighted by Gasteiger charge is 2.25. The first-order valence-corrected chi connectivity index (χ1v) is 5.05. The molecule has 0 aromatic heterocycles. The van der Waals surface area contributed by atoms with Gasteiger partial charge in [-0.25, -0.2) is 4.79 Å². The van der Waals surface area contributed by atoms with Crippen LogP contribution in [0.15, 0.2) is 36.0 Å². The molecule has 0 spiro atoms. The van der Waals surface area contributed by atoms with Crippen LogP contribution in [0, 0.1) is 0 Å². The summed E-state index contributed by atoms with van der Waals surface area (Å²) in [6.07, 6.45) is 1.64. The number of urea groups is 1. The lowest BCUT2D eigenvalue weighted by molar-refractivity contribution is -0.0798. The van der Waals surface area contributed by atoms with Crippen molar-refractivity contribution in [3.63, 3.8) is 0 Å². The molecular weight excluding hydrogens is 233 g/mol. The zero-order valence-corrected chi connectivity index (χ0v) is 9.21. The van der Waals surface area contributed by atoms with Crippen LogP contribution in [-0.2, 0) is 0 Å². The van der Waals surface area contributed by atoms with E-state index in [1.807, 2.05) is 0 Å². The molecule has 17 heavy (non-hydrogen) atoms. The summed E-state index contributed by atoms with van der Waals surface area (Å²) >= 11 is 0. The Morgan fingerprint density at radius 2 is 2.18 bits per heavy atom. The van der Waals surface area contributed by atoms with Gasteiger partial charge in [-0.1, -0.05) is 24.3 Å². The Balaban J connectivity index is 2.82. The van der Waals surface area contributed by atoms with Crippen molar-refractivity contribution < 1.29 is 18.0 Å². The Labute approximate surface area is 97.1 Å². The molecule has 1 atom stereocenters. The first kappa shape index (κ1) is 13.3. The Bertz CT molecular complexity index is 369. The van der Waals surface area contributed by atoms with Crippen LogP contribution in [0.1, 0.15) is 6.92 Å². The molecule has 1 fully saturated rings. The summed E-state index contributed by atoms with van der Waals surface area (Å²) in [7, 11) is 0. The zero-order valence-electron chi connectivity index (χ0n) is 9.21. The quantitative estimate of drug-likeness (QED) is 0.737. The molecule has 94 valence electrons. The van der Waals surface area contributed by atoms with E-state index in [0.29, 0.717) is 5.57 Å². The number of rotatable bonds is 3. The van der Waals surface area contributed by atoms with Crippen molar-refractivity contribution in [1.29, 1.82) is 0 Å². The predicted octanol–water partition coefficient (Wildman–Crippen LogP) is 2.29. The maximum atomic E-state index is 12.1. The molecule has 1 heterocycles. The smallest absolute Gasteiger partial charge is 0.336 e. The standard InChI is InChI=1S/C11H13F3N2O/c1-2-3-4-8(5-6-11(12,13)14)9-7-15-10(17)16-9/h2-6,9H,7H2,1H3,(H2,15,16,17)/b3-2-,6-5+,8-4+. The van der Waals surface area contributed by atoms with Gasteiger partial charge in [0.05, 0.1) is 6.04 Å². The third kappa shape index (κ3) is 4.76. The summed E-state index contributed by atoms with van der Waals surface area (Å²) in [4.78, 5) is 10.9. The monoisotopic (exact) mass is 246 g/mol. The lowest BCUT2D eigenvalue weighted by atomic mass is 10.1. The summed E-state index contributed by atoms with van der Waals surface area (Å²) in [5, 5.41) is 5.02. The summed E-state index contributed by atoms with van der Waals surface area (Å²) in [6.45, 7) is 2.04. The fourth-order valence-corrected chi connectivity index (χ4v) is 1.34. The van der Waals surface area contributed by atoms with Gasteiger partial charge >= 0.3 is 12.2 Å².